The predicted octanol–water partition coefficient (Wildman–Crippen LogP) is 0.469. The Labute approximate surface area is 147 Å². The van der Waals surface area contributed by atoms with E-state index >= 15 is 0 Å². The lowest BCUT2D eigenvalue weighted by Gasteiger charge is -2.39. The molecule has 5 N–H and O–H groups in total. The molecule has 25 heavy (non-hydrogen) atoms. The maximum Gasteiger partial charge on any atom is 0.225 e. The van der Waals surface area contributed by atoms with Gasteiger partial charge < -0.3 is 26.4 Å². The van der Waals surface area contributed by atoms with E-state index in [-0.39, 0.29) is 17.5 Å². The molecule has 1 atom stereocenters. The Morgan fingerprint density at radius 2 is 2.08 bits per heavy atom. The topological polar surface area (TPSA) is 119 Å². The van der Waals surface area contributed by atoms with Gasteiger partial charge in [0.05, 0.1) is 5.56 Å². The number of nitrogen functional groups attached to an aromatic ring is 2. The minimum Gasteiger partial charge on any atom is -0.470 e. The average molecular weight is 346 g/mol. The molecule has 4 rings (SSSR count). The smallest absolute Gasteiger partial charge is 0.225 e. The first-order valence-electron chi connectivity index (χ1n) is 9.17. The van der Waals surface area contributed by atoms with Crippen molar-refractivity contribution in [3.63, 3.8) is 0 Å². The molecular weight excluding hydrogens is 320 g/mol. The van der Waals surface area contributed by atoms with Gasteiger partial charge in [0.2, 0.25) is 17.7 Å². The third-order valence-corrected chi connectivity index (χ3v) is 5.69. The number of hydrogen-bond donors (Lipinski definition) is 3. The van der Waals surface area contributed by atoms with Crippen LogP contribution < -0.4 is 21.5 Å². The maximum atomic E-state index is 12.6. The van der Waals surface area contributed by atoms with Crippen LogP contribution in [-0.4, -0.2) is 52.1 Å². The number of anilines is 2. The highest BCUT2D eigenvalue weighted by Crippen LogP contribution is 2.42. The maximum absolute atomic E-state index is 12.6. The van der Waals surface area contributed by atoms with Crippen molar-refractivity contribution in [3.8, 4) is 5.88 Å². The molecule has 0 unspecified atom stereocenters. The van der Waals surface area contributed by atoms with Crippen molar-refractivity contribution in [2.75, 3.05) is 31.1 Å². The SMILES string of the molecule is Nc1nc(N)c2c(n1)OC1(CCN(C(=O)C[C@@H]3CCCCN3)CC1)C2. The van der Waals surface area contributed by atoms with E-state index in [9.17, 15) is 4.79 Å². The van der Waals surface area contributed by atoms with Crippen LogP contribution >= 0.6 is 0 Å². The second-order valence-corrected chi connectivity index (χ2v) is 7.44. The van der Waals surface area contributed by atoms with Gasteiger partial charge in [-0.1, -0.05) is 6.42 Å². The van der Waals surface area contributed by atoms with E-state index < -0.39 is 0 Å². The molecule has 0 aliphatic carbocycles. The third-order valence-electron chi connectivity index (χ3n) is 5.69. The number of carbonyl (C=O) groups is 1. The average Bonchev–Trinajstić information content (AvgIpc) is 2.94. The number of fused-ring (bicyclic) bond motifs is 1. The lowest BCUT2D eigenvalue weighted by atomic mass is 9.87. The summed E-state index contributed by atoms with van der Waals surface area (Å²) in [4.78, 5) is 22.7. The molecule has 2 saturated heterocycles. The van der Waals surface area contributed by atoms with E-state index in [0.717, 1.165) is 31.4 Å². The number of likely N-dealkylation sites (tertiary alicyclic amines) is 1. The number of nitrogens with one attached hydrogen (secondary N) is 1. The first-order chi connectivity index (χ1) is 12.0. The summed E-state index contributed by atoms with van der Waals surface area (Å²) in [6.45, 7) is 2.45. The molecule has 136 valence electrons. The number of rotatable bonds is 2. The predicted molar refractivity (Wildman–Crippen MR) is 94.0 cm³/mol. The van der Waals surface area contributed by atoms with E-state index in [1.165, 1.54) is 12.8 Å². The number of piperidine rings is 2. The molecule has 2 fully saturated rings. The molecule has 0 aromatic carbocycles. The first-order valence-corrected chi connectivity index (χ1v) is 9.17. The molecule has 3 aliphatic heterocycles. The van der Waals surface area contributed by atoms with Crippen molar-refractivity contribution in [1.29, 1.82) is 0 Å². The third kappa shape index (κ3) is 3.22. The number of ether oxygens (including phenoxy) is 1. The molecule has 4 heterocycles. The Balaban J connectivity index is 1.35. The first kappa shape index (κ1) is 16.4. The Morgan fingerprint density at radius 3 is 2.80 bits per heavy atom. The van der Waals surface area contributed by atoms with Crippen molar-refractivity contribution in [2.24, 2.45) is 0 Å². The van der Waals surface area contributed by atoms with Gasteiger partial charge in [-0.25, -0.2) is 0 Å². The number of nitrogens with two attached hydrogens (primary N) is 2. The molecule has 1 amide bonds. The normalized spacial score (nSPS) is 24.8. The highest BCUT2D eigenvalue weighted by molar-refractivity contribution is 5.77. The number of nitrogens with zero attached hydrogens (tertiary/aromatic N) is 3. The van der Waals surface area contributed by atoms with E-state index in [4.69, 9.17) is 16.2 Å². The van der Waals surface area contributed by atoms with Crippen LogP contribution in [0.25, 0.3) is 0 Å². The van der Waals surface area contributed by atoms with Crippen molar-refractivity contribution >= 4 is 17.7 Å². The number of carbonyl (C=O) groups excluding carboxylic acids is 1. The molecule has 0 radical (unpaired) electrons. The second-order valence-electron chi connectivity index (χ2n) is 7.44. The van der Waals surface area contributed by atoms with Gasteiger partial charge in [0.25, 0.3) is 0 Å². The van der Waals surface area contributed by atoms with Crippen molar-refractivity contribution in [2.45, 2.75) is 56.6 Å². The highest BCUT2D eigenvalue weighted by Gasteiger charge is 2.44. The lowest BCUT2D eigenvalue weighted by Crippen LogP contribution is -2.50. The van der Waals surface area contributed by atoms with Gasteiger partial charge in [0, 0.05) is 44.8 Å². The zero-order valence-corrected chi connectivity index (χ0v) is 14.5. The molecule has 8 heteroatoms. The summed E-state index contributed by atoms with van der Waals surface area (Å²) in [5.41, 5.74) is 12.1. The number of amides is 1. The van der Waals surface area contributed by atoms with Crippen LogP contribution in [0.2, 0.25) is 0 Å². The Morgan fingerprint density at radius 1 is 1.28 bits per heavy atom. The Hall–Kier alpha value is -2.09. The summed E-state index contributed by atoms with van der Waals surface area (Å²) in [7, 11) is 0. The fraction of sp³-hybridized carbons (Fsp3) is 0.706. The zero-order chi connectivity index (χ0) is 17.4. The van der Waals surface area contributed by atoms with Crippen LogP contribution in [0.15, 0.2) is 0 Å². The molecule has 8 nitrogen and oxygen atoms in total. The number of aromatic nitrogens is 2. The molecule has 3 aliphatic rings. The lowest BCUT2D eigenvalue weighted by molar-refractivity contribution is -0.135. The zero-order valence-electron chi connectivity index (χ0n) is 14.5. The highest BCUT2D eigenvalue weighted by atomic mass is 16.5. The van der Waals surface area contributed by atoms with Gasteiger partial charge in [-0.05, 0) is 19.4 Å². The van der Waals surface area contributed by atoms with Gasteiger partial charge in [-0.3, -0.25) is 4.79 Å². The Kier molecular flexibility index (Phi) is 4.15. The molecule has 0 bridgehead atoms. The standard InChI is InChI=1S/C17H26N6O2/c18-14-12-10-17(25-15(12)22-16(19)21-14)4-7-23(8-5-17)13(24)9-11-3-1-2-6-20-11/h11,20H,1-10H2,(H4,18,19,21,22)/t11-/m0/s1. The van der Waals surface area contributed by atoms with Crippen molar-refractivity contribution in [1.82, 2.24) is 20.2 Å². The largest absolute Gasteiger partial charge is 0.470 e. The van der Waals surface area contributed by atoms with Crippen LogP contribution in [0.1, 0.15) is 44.1 Å². The fourth-order valence-electron chi connectivity index (χ4n) is 4.19. The van der Waals surface area contributed by atoms with Crippen LogP contribution in [0.4, 0.5) is 11.8 Å². The minimum atomic E-state index is -0.321. The van der Waals surface area contributed by atoms with Gasteiger partial charge in [0.1, 0.15) is 11.4 Å². The van der Waals surface area contributed by atoms with E-state index in [1.807, 2.05) is 4.90 Å². The van der Waals surface area contributed by atoms with Gasteiger partial charge in [0.15, 0.2) is 0 Å². The van der Waals surface area contributed by atoms with Crippen molar-refractivity contribution in [3.05, 3.63) is 5.56 Å². The molecule has 0 saturated carbocycles. The quantitative estimate of drug-likeness (QED) is 0.712. The van der Waals surface area contributed by atoms with E-state index in [2.05, 4.69) is 15.3 Å². The molecule has 1 spiro atoms. The van der Waals surface area contributed by atoms with Crippen LogP contribution in [0, 0.1) is 0 Å². The summed E-state index contributed by atoms with van der Waals surface area (Å²) >= 11 is 0. The van der Waals surface area contributed by atoms with Crippen LogP contribution in [0.3, 0.4) is 0 Å². The summed E-state index contributed by atoms with van der Waals surface area (Å²) in [5, 5.41) is 3.45. The van der Waals surface area contributed by atoms with Gasteiger partial charge >= 0.3 is 0 Å². The van der Waals surface area contributed by atoms with E-state index in [1.54, 1.807) is 0 Å². The molecular formula is C17H26N6O2. The number of hydrogen-bond acceptors (Lipinski definition) is 7. The Bertz CT molecular complexity index is 665. The summed E-state index contributed by atoms with van der Waals surface area (Å²) in [6, 6.07) is 0.335. The van der Waals surface area contributed by atoms with Crippen LogP contribution in [0.5, 0.6) is 5.88 Å². The van der Waals surface area contributed by atoms with E-state index in [0.29, 0.717) is 43.7 Å². The molecule has 1 aromatic heterocycles. The van der Waals surface area contributed by atoms with Crippen LogP contribution in [-0.2, 0) is 11.2 Å². The molecule has 1 aromatic rings. The van der Waals surface area contributed by atoms with Gasteiger partial charge in [-0.15, -0.1) is 0 Å². The summed E-state index contributed by atoms with van der Waals surface area (Å²) < 4.78 is 6.11. The van der Waals surface area contributed by atoms with Crippen molar-refractivity contribution < 1.29 is 9.53 Å². The fourth-order valence-corrected chi connectivity index (χ4v) is 4.19. The summed E-state index contributed by atoms with van der Waals surface area (Å²) in [5.74, 6) is 1.30. The minimum absolute atomic E-state index is 0.140. The monoisotopic (exact) mass is 346 g/mol. The summed E-state index contributed by atoms with van der Waals surface area (Å²) in [6.07, 6.45) is 6.39. The second kappa shape index (κ2) is 6.33. The van der Waals surface area contributed by atoms with Gasteiger partial charge in [-0.2, -0.15) is 9.97 Å².